The van der Waals surface area contributed by atoms with E-state index in [1.165, 1.54) is 12.1 Å². The standard InChI is InChI=1S/C18H8F6N8/c1-5-6(2)26-14-13(25-5)27-7-3-9-10(4-8(7)28-14)30-16-15(29-9)31-11(17(19,20)21)12(32-16)18(22,23)24/h3-4H,1-2H3. The molecule has 0 spiro atoms. The number of alkyl halides is 6. The summed E-state index contributed by atoms with van der Waals surface area (Å²) in [5.74, 6) is 0. The minimum absolute atomic E-state index is 0.0534. The third-order valence-electron chi connectivity index (χ3n) is 4.64. The predicted octanol–water partition coefficient (Wildman–Crippen LogP) is 4.11. The highest BCUT2D eigenvalue weighted by atomic mass is 19.4. The van der Waals surface area contributed by atoms with Crippen LogP contribution in [0.4, 0.5) is 26.3 Å². The van der Waals surface area contributed by atoms with Crippen LogP contribution in [0.2, 0.25) is 0 Å². The Bertz CT molecular complexity index is 1460. The molecule has 0 fully saturated rings. The second-order valence-electron chi connectivity index (χ2n) is 6.88. The van der Waals surface area contributed by atoms with Crippen LogP contribution in [0.5, 0.6) is 0 Å². The number of aromatic nitrogens is 8. The van der Waals surface area contributed by atoms with Crippen molar-refractivity contribution in [2.24, 2.45) is 0 Å². The zero-order valence-electron chi connectivity index (χ0n) is 16.0. The quantitative estimate of drug-likeness (QED) is 0.257. The molecule has 0 N–H and O–H groups in total. The Morgan fingerprint density at radius 1 is 0.469 bits per heavy atom. The maximum absolute atomic E-state index is 13.2. The van der Waals surface area contributed by atoms with Crippen molar-refractivity contribution in [3.8, 4) is 0 Å². The number of halogens is 6. The van der Waals surface area contributed by atoms with Crippen molar-refractivity contribution < 1.29 is 26.3 Å². The van der Waals surface area contributed by atoms with Crippen molar-refractivity contribution in [1.82, 2.24) is 39.9 Å². The molecule has 32 heavy (non-hydrogen) atoms. The molecule has 0 saturated heterocycles. The number of rotatable bonds is 0. The lowest BCUT2D eigenvalue weighted by Gasteiger charge is -2.14. The first-order valence-electron chi connectivity index (χ1n) is 8.87. The van der Waals surface area contributed by atoms with Crippen LogP contribution in [-0.2, 0) is 12.4 Å². The number of nitrogens with zero attached hydrogens (tertiary/aromatic N) is 8. The highest BCUT2D eigenvalue weighted by molar-refractivity contribution is 5.95. The first-order valence-corrected chi connectivity index (χ1v) is 8.87. The van der Waals surface area contributed by atoms with E-state index in [9.17, 15) is 26.3 Å². The zero-order chi connectivity index (χ0) is 23.0. The summed E-state index contributed by atoms with van der Waals surface area (Å²) < 4.78 is 78.9. The summed E-state index contributed by atoms with van der Waals surface area (Å²) in [6.07, 6.45) is -10.8. The van der Waals surface area contributed by atoms with Gasteiger partial charge in [0.05, 0.1) is 33.5 Å². The summed E-state index contributed by atoms with van der Waals surface area (Å²) in [6, 6.07) is 2.76. The van der Waals surface area contributed by atoms with Gasteiger partial charge in [0.2, 0.25) is 0 Å². The van der Waals surface area contributed by atoms with Crippen LogP contribution >= 0.6 is 0 Å². The number of hydrogen-bond acceptors (Lipinski definition) is 8. The third kappa shape index (κ3) is 3.18. The van der Waals surface area contributed by atoms with Crippen LogP contribution in [-0.4, -0.2) is 39.9 Å². The molecule has 4 heterocycles. The molecular formula is C18H8F6N8. The Hall–Kier alpha value is -3.84. The fourth-order valence-corrected chi connectivity index (χ4v) is 3.06. The van der Waals surface area contributed by atoms with Crippen molar-refractivity contribution in [1.29, 1.82) is 0 Å². The Kier molecular flexibility index (Phi) is 3.98. The van der Waals surface area contributed by atoms with E-state index in [4.69, 9.17) is 0 Å². The first kappa shape index (κ1) is 20.1. The Morgan fingerprint density at radius 2 is 0.750 bits per heavy atom. The topological polar surface area (TPSA) is 103 Å². The van der Waals surface area contributed by atoms with E-state index in [0.29, 0.717) is 22.4 Å². The van der Waals surface area contributed by atoms with E-state index in [-0.39, 0.29) is 22.3 Å². The molecule has 0 aliphatic carbocycles. The third-order valence-corrected chi connectivity index (χ3v) is 4.64. The zero-order valence-corrected chi connectivity index (χ0v) is 16.0. The van der Waals surface area contributed by atoms with Gasteiger partial charge in [0.15, 0.2) is 34.0 Å². The summed E-state index contributed by atoms with van der Waals surface area (Å²) >= 11 is 0. The Balaban J connectivity index is 1.81. The van der Waals surface area contributed by atoms with Crippen LogP contribution in [0.25, 0.3) is 44.7 Å². The summed E-state index contributed by atoms with van der Waals surface area (Å²) in [4.78, 5) is 31.3. The SMILES string of the molecule is Cc1nc2nc3cc4nc5nc(C(F)(F)F)c(C(F)(F)F)nc5nc4cc3nc2nc1C. The Morgan fingerprint density at radius 3 is 1.03 bits per heavy atom. The first-order chi connectivity index (χ1) is 14.9. The average Bonchev–Trinajstić information content (AvgIpc) is 2.68. The normalized spacial score (nSPS) is 13.0. The van der Waals surface area contributed by atoms with Gasteiger partial charge in [-0.1, -0.05) is 0 Å². The van der Waals surface area contributed by atoms with E-state index in [1.54, 1.807) is 13.8 Å². The molecular weight excluding hydrogens is 442 g/mol. The monoisotopic (exact) mass is 450 g/mol. The van der Waals surface area contributed by atoms with Gasteiger partial charge in [0, 0.05) is 0 Å². The van der Waals surface area contributed by atoms with Crippen molar-refractivity contribution in [3.05, 3.63) is 34.9 Å². The van der Waals surface area contributed by atoms with E-state index in [0.717, 1.165) is 0 Å². The molecule has 0 aliphatic rings. The lowest BCUT2D eigenvalue weighted by molar-refractivity contribution is -0.167. The second-order valence-corrected chi connectivity index (χ2v) is 6.88. The van der Waals surface area contributed by atoms with Crippen LogP contribution in [0, 0.1) is 13.8 Å². The van der Waals surface area contributed by atoms with Crippen molar-refractivity contribution in [3.63, 3.8) is 0 Å². The molecule has 0 bridgehead atoms. The van der Waals surface area contributed by atoms with Crippen LogP contribution < -0.4 is 0 Å². The molecule has 4 aromatic heterocycles. The van der Waals surface area contributed by atoms with Gasteiger partial charge in [-0.3, -0.25) is 0 Å². The minimum Gasteiger partial charge on any atom is -0.229 e. The lowest BCUT2D eigenvalue weighted by atomic mass is 10.2. The maximum Gasteiger partial charge on any atom is 0.435 e. The molecule has 0 atom stereocenters. The summed E-state index contributed by atoms with van der Waals surface area (Å²) in [7, 11) is 0. The van der Waals surface area contributed by atoms with E-state index in [1.807, 2.05) is 0 Å². The minimum atomic E-state index is -5.38. The molecule has 0 radical (unpaired) electrons. The molecule has 0 amide bonds. The number of benzene rings is 1. The predicted molar refractivity (Wildman–Crippen MR) is 98.3 cm³/mol. The molecule has 5 rings (SSSR count). The summed E-state index contributed by atoms with van der Waals surface area (Å²) in [6.45, 7) is 3.50. The maximum atomic E-state index is 13.2. The molecule has 0 saturated carbocycles. The van der Waals surface area contributed by atoms with Crippen molar-refractivity contribution in [2.75, 3.05) is 0 Å². The van der Waals surface area contributed by atoms with E-state index in [2.05, 4.69) is 39.9 Å². The number of hydrogen-bond donors (Lipinski definition) is 0. The van der Waals surface area contributed by atoms with Crippen molar-refractivity contribution >= 4 is 44.7 Å². The molecule has 0 aliphatic heterocycles. The lowest BCUT2D eigenvalue weighted by Crippen LogP contribution is -2.21. The van der Waals surface area contributed by atoms with Crippen LogP contribution in [0.1, 0.15) is 22.8 Å². The average molecular weight is 450 g/mol. The van der Waals surface area contributed by atoms with Gasteiger partial charge in [0.25, 0.3) is 0 Å². The number of aryl methyl sites for hydroxylation is 2. The second kappa shape index (κ2) is 6.34. The molecule has 5 aromatic rings. The largest absolute Gasteiger partial charge is 0.435 e. The van der Waals surface area contributed by atoms with Gasteiger partial charge in [-0.15, -0.1) is 0 Å². The summed E-state index contributed by atoms with van der Waals surface area (Å²) in [5, 5.41) is 0. The Labute approximate surface area is 172 Å². The molecule has 0 unspecified atom stereocenters. The number of fused-ring (bicyclic) bond motifs is 4. The van der Waals surface area contributed by atoms with Gasteiger partial charge in [0.1, 0.15) is 0 Å². The highest BCUT2D eigenvalue weighted by Gasteiger charge is 2.47. The highest BCUT2D eigenvalue weighted by Crippen LogP contribution is 2.38. The van der Waals surface area contributed by atoms with Crippen LogP contribution in [0.3, 0.4) is 0 Å². The smallest absolute Gasteiger partial charge is 0.229 e. The molecule has 1 aromatic carbocycles. The molecule has 8 nitrogen and oxygen atoms in total. The van der Waals surface area contributed by atoms with Crippen LogP contribution in [0.15, 0.2) is 12.1 Å². The fraction of sp³-hybridized carbons (Fsp3) is 0.222. The van der Waals surface area contributed by atoms with Gasteiger partial charge in [-0.2, -0.15) is 26.3 Å². The van der Waals surface area contributed by atoms with Gasteiger partial charge >= 0.3 is 12.4 Å². The fourth-order valence-electron chi connectivity index (χ4n) is 3.06. The van der Waals surface area contributed by atoms with Gasteiger partial charge in [-0.25, -0.2) is 39.9 Å². The van der Waals surface area contributed by atoms with Crippen molar-refractivity contribution in [2.45, 2.75) is 26.2 Å². The van der Waals surface area contributed by atoms with E-state index < -0.39 is 35.0 Å². The summed E-state index contributed by atoms with van der Waals surface area (Å²) in [5.41, 5.74) is -3.23. The molecule has 14 heteroatoms. The van der Waals surface area contributed by atoms with Gasteiger partial charge < -0.3 is 0 Å². The molecule has 162 valence electrons. The van der Waals surface area contributed by atoms with Gasteiger partial charge in [-0.05, 0) is 26.0 Å². The van der Waals surface area contributed by atoms with E-state index >= 15 is 0 Å².